The van der Waals surface area contributed by atoms with Gasteiger partial charge in [0.25, 0.3) is 0 Å². The van der Waals surface area contributed by atoms with Crippen LogP contribution in [0.4, 0.5) is 4.79 Å². The molecule has 2 N–H and O–H groups in total. The summed E-state index contributed by atoms with van der Waals surface area (Å²) in [4.78, 5) is 27.4. The first-order valence-corrected chi connectivity index (χ1v) is 7.59. The Hall–Kier alpha value is -1.34. The minimum absolute atomic E-state index is 0.0383. The van der Waals surface area contributed by atoms with Gasteiger partial charge in [0.15, 0.2) is 0 Å². The Morgan fingerprint density at radius 2 is 2.35 bits per heavy atom. The number of nitrogens with one attached hydrogen (secondary N) is 2. The van der Waals surface area contributed by atoms with Crippen molar-refractivity contribution in [2.24, 2.45) is 0 Å². The zero-order chi connectivity index (χ0) is 14.8. The van der Waals surface area contributed by atoms with E-state index >= 15 is 0 Å². The van der Waals surface area contributed by atoms with Crippen molar-refractivity contribution in [1.29, 1.82) is 0 Å². The molecular weight excluding hydrogens is 278 g/mol. The first-order valence-electron chi connectivity index (χ1n) is 6.71. The van der Waals surface area contributed by atoms with Crippen molar-refractivity contribution in [3.8, 4) is 0 Å². The highest BCUT2D eigenvalue weighted by molar-refractivity contribution is 7.07. The van der Waals surface area contributed by atoms with E-state index < -0.39 is 5.60 Å². The number of hydrogen-bond donors (Lipinski definition) is 2. The number of carbonyl (C=O) groups is 1. The van der Waals surface area contributed by atoms with Gasteiger partial charge >= 0.3 is 11.0 Å². The van der Waals surface area contributed by atoms with Crippen LogP contribution in [0.25, 0.3) is 0 Å². The fourth-order valence-corrected chi connectivity index (χ4v) is 2.66. The second-order valence-corrected chi connectivity index (χ2v) is 6.81. The van der Waals surface area contributed by atoms with E-state index in [9.17, 15) is 9.59 Å². The lowest BCUT2D eigenvalue weighted by molar-refractivity contribution is 0.0291. The van der Waals surface area contributed by atoms with E-state index in [4.69, 9.17) is 4.74 Å². The molecule has 2 rings (SSSR count). The predicted octanol–water partition coefficient (Wildman–Crippen LogP) is 1.54. The third kappa shape index (κ3) is 4.35. The Bertz CT molecular complexity index is 517. The second-order valence-electron chi connectivity index (χ2n) is 5.97. The maximum Gasteiger partial charge on any atom is 0.410 e. The lowest BCUT2D eigenvalue weighted by Crippen LogP contribution is -2.38. The quantitative estimate of drug-likeness (QED) is 0.888. The Kier molecular flexibility index (Phi) is 4.49. The van der Waals surface area contributed by atoms with E-state index in [-0.39, 0.29) is 17.0 Å². The van der Waals surface area contributed by atoms with E-state index in [1.807, 2.05) is 26.2 Å². The van der Waals surface area contributed by atoms with Gasteiger partial charge in [0, 0.05) is 36.8 Å². The van der Waals surface area contributed by atoms with Crippen molar-refractivity contribution in [1.82, 2.24) is 15.2 Å². The fourth-order valence-electron chi connectivity index (χ4n) is 2.07. The molecular formula is C13H21N3O3S. The molecule has 0 spiro atoms. The van der Waals surface area contributed by atoms with E-state index in [0.717, 1.165) is 23.5 Å². The third-order valence-corrected chi connectivity index (χ3v) is 3.71. The van der Waals surface area contributed by atoms with Gasteiger partial charge in [-0.3, -0.25) is 4.79 Å². The number of hydrogen-bond acceptors (Lipinski definition) is 5. The molecule has 1 unspecified atom stereocenters. The maximum atomic E-state index is 11.9. The Morgan fingerprint density at radius 3 is 2.95 bits per heavy atom. The Balaban J connectivity index is 1.77. The van der Waals surface area contributed by atoms with Gasteiger partial charge in [-0.05, 0) is 27.2 Å². The highest BCUT2D eigenvalue weighted by atomic mass is 32.1. The fraction of sp³-hybridized carbons (Fsp3) is 0.692. The van der Waals surface area contributed by atoms with E-state index in [1.165, 1.54) is 0 Å². The molecule has 1 aromatic rings. The van der Waals surface area contributed by atoms with Crippen molar-refractivity contribution in [2.75, 3.05) is 13.1 Å². The highest BCUT2D eigenvalue weighted by Crippen LogP contribution is 2.15. The van der Waals surface area contributed by atoms with Crippen LogP contribution in [0, 0.1) is 0 Å². The van der Waals surface area contributed by atoms with E-state index in [2.05, 4.69) is 10.3 Å². The number of amides is 1. The molecule has 0 aromatic carbocycles. The van der Waals surface area contributed by atoms with E-state index in [1.54, 1.807) is 4.90 Å². The lowest BCUT2D eigenvalue weighted by Gasteiger charge is -2.24. The lowest BCUT2D eigenvalue weighted by atomic mass is 10.2. The summed E-state index contributed by atoms with van der Waals surface area (Å²) in [6, 6.07) is 0.242. The van der Waals surface area contributed by atoms with Crippen molar-refractivity contribution in [3.63, 3.8) is 0 Å². The minimum atomic E-state index is -0.460. The molecule has 0 aliphatic carbocycles. The van der Waals surface area contributed by atoms with Crippen LogP contribution in [0.15, 0.2) is 10.2 Å². The number of aromatic amines is 1. The van der Waals surface area contributed by atoms with Crippen LogP contribution < -0.4 is 10.2 Å². The van der Waals surface area contributed by atoms with Crippen LogP contribution in [-0.2, 0) is 11.3 Å². The van der Waals surface area contributed by atoms with Crippen molar-refractivity contribution >= 4 is 17.4 Å². The number of rotatable bonds is 3. The molecule has 1 amide bonds. The average molecular weight is 299 g/mol. The number of likely N-dealkylation sites (tertiary alicyclic amines) is 1. The summed E-state index contributed by atoms with van der Waals surface area (Å²) in [5, 5.41) is 5.16. The number of aromatic nitrogens is 1. The van der Waals surface area contributed by atoms with Gasteiger partial charge in [-0.25, -0.2) is 4.79 Å². The summed E-state index contributed by atoms with van der Waals surface area (Å²) in [7, 11) is 0. The molecule has 0 bridgehead atoms. The SMILES string of the molecule is CC(C)(C)OC(=O)N1CCC(NCc2csc(=O)[nH]2)C1. The summed E-state index contributed by atoms with van der Waals surface area (Å²) in [5.74, 6) is 0. The molecule has 1 atom stereocenters. The normalized spacial score (nSPS) is 19.4. The topological polar surface area (TPSA) is 74.4 Å². The van der Waals surface area contributed by atoms with Gasteiger partial charge in [-0.2, -0.15) is 0 Å². The maximum absolute atomic E-state index is 11.9. The van der Waals surface area contributed by atoms with Gasteiger partial charge in [0.1, 0.15) is 5.60 Å². The molecule has 7 heteroatoms. The zero-order valence-electron chi connectivity index (χ0n) is 12.1. The number of H-pyrrole nitrogens is 1. The van der Waals surface area contributed by atoms with Crippen LogP contribution in [0.2, 0.25) is 0 Å². The van der Waals surface area contributed by atoms with E-state index in [0.29, 0.717) is 19.6 Å². The molecule has 1 saturated heterocycles. The van der Waals surface area contributed by atoms with Gasteiger partial charge in [-0.1, -0.05) is 11.3 Å². The summed E-state index contributed by atoms with van der Waals surface area (Å²) in [6.45, 7) is 7.55. The Morgan fingerprint density at radius 1 is 1.60 bits per heavy atom. The highest BCUT2D eigenvalue weighted by Gasteiger charge is 2.29. The van der Waals surface area contributed by atoms with Gasteiger partial charge in [-0.15, -0.1) is 0 Å². The van der Waals surface area contributed by atoms with Crippen LogP contribution in [0.3, 0.4) is 0 Å². The second kappa shape index (κ2) is 5.97. The van der Waals surface area contributed by atoms with Crippen LogP contribution in [0.5, 0.6) is 0 Å². The molecule has 1 aromatic heterocycles. The number of ether oxygens (including phenoxy) is 1. The van der Waals surface area contributed by atoms with Crippen molar-refractivity contribution < 1.29 is 9.53 Å². The van der Waals surface area contributed by atoms with Crippen LogP contribution in [-0.4, -0.2) is 40.7 Å². The summed E-state index contributed by atoms with van der Waals surface area (Å²) in [5.41, 5.74) is 0.425. The predicted molar refractivity (Wildman–Crippen MR) is 78.0 cm³/mol. The summed E-state index contributed by atoms with van der Waals surface area (Å²) in [6.07, 6.45) is 0.638. The third-order valence-electron chi connectivity index (χ3n) is 2.99. The first kappa shape index (κ1) is 15.1. The zero-order valence-corrected chi connectivity index (χ0v) is 12.9. The molecule has 20 heavy (non-hydrogen) atoms. The van der Waals surface area contributed by atoms with Gasteiger partial charge in [0.05, 0.1) is 0 Å². The Labute approximate surface area is 122 Å². The molecule has 0 radical (unpaired) electrons. The van der Waals surface area contributed by atoms with Gasteiger partial charge < -0.3 is 19.9 Å². The standard InChI is InChI=1S/C13H21N3O3S/c1-13(2,3)19-12(18)16-5-4-9(7-16)14-6-10-8-20-11(17)15-10/h8-9,14H,4-7H2,1-3H3,(H,15,17). The molecule has 6 nitrogen and oxygen atoms in total. The van der Waals surface area contributed by atoms with Crippen molar-refractivity contribution in [3.05, 3.63) is 20.7 Å². The molecule has 112 valence electrons. The summed E-state index contributed by atoms with van der Waals surface area (Å²) >= 11 is 1.16. The molecule has 0 saturated carbocycles. The molecule has 2 heterocycles. The van der Waals surface area contributed by atoms with Gasteiger partial charge in [0.2, 0.25) is 0 Å². The molecule has 1 aliphatic heterocycles. The van der Waals surface area contributed by atoms with Crippen LogP contribution in [0.1, 0.15) is 32.9 Å². The molecule has 1 fully saturated rings. The largest absolute Gasteiger partial charge is 0.444 e. The number of nitrogens with zero attached hydrogens (tertiary/aromatic N) is 1. The minimum Gasteiger partial charge on any atom is -0.444 e. The summed E-state index contributed by atoms with van der Waals surface area (Å²) < 4.78 is 5.35. The number of carbonyl (C=O) groups excluding carboxylic acids is 1. The smallest absolute Gasteiger partial charge is 0.410 e. The average Bonchev–Trinajstić information content (AvgIpc) is 2.93. The first-order chi connectivity index (χ1) is 9.33. The van der Waals surface area contributed by atoms with Crippen molar-refractivity contribution in [2.45, 2.75) is 45.4 Å². The van der Waals surface area contributed by atoms with Crippen LogP contribution >= 0.6 is 11.3 Å². The molecule has 1 aliphatic rings. The monoisotopic (exact) mass is 299 g/mol. The number of thiazole rings is 1.